The molecule has 0 unspecified atom stereocenters. The summed E-state index contributed by atoms with van der Waals surface area (Å²) < 4.78 is 7.18. The van der Waals surface area contributed by atoms with Gasteiger partial charge in [0.1, 0.15) is 11.5 Å². The van der Waals surface area contributed by atoms with Crippen molar-refractivity contribution in [1.82, 2.24) is 20.4 Å². The molecule has 0 aliphatic heterocycles. The summed E-state index contributed by atoms with van der Waals surface area (Å²) in [7, 11) is 3.32. The van der Waals surface area contributed by atoms with Crippen LogP contribution in [0.1, 0.15) is 22.5 Å². The van der Waals surface area contributed by atoms with Gasteiger partial charge in [-0.1, -0.05) is 18.2 Å². The van der Waals surface area contributed by atoms with E-state index in [0.717, 1.165) is 28.2 Å². The van der Waals surface area contributed by atoms with Gasteiger partial charge < -0.3 is 20.5 Å². The maximum Gasteiger partial charge on any atom is 0.191 e. The van der Waals surface area contributed by atoms with Crippen molar-refractivity contribution in [2.45, 2.75) is 26.9 Å². The molecule has 8 heteroatoms. The van der Waals surface area contributed by atoms with Gasteiger partial charge in [0.15, 0.2) is 5.96 Å². The molecule has 0 aliphatic rings. The van der Waals surface area contributed by atoms with Crippen molar-refractivity contribution in [3.63, 3.8) is 0 Å². The van der Waals surface area contributed by atoms with Crippen molar-refractivity contribution < 1.29 is 9.84 Å². The lowest BCUT2D eigenvalue weighted by Gasteiger charge is -2.15. The molecule has 3 aromatic rings. The van der Waals surface area contributed by atoms with E-state index >= 15 is 0 Å². The fraction of sp³-hybridized carbons (Fsp3) is 0.273. The number of benzene rings is 2. The summed E-state index contributed by atoms with van der Waals surface area (Å²) in [6.45, 7) is 5.04. The highest BCUT2D eigenvalue weighted by Crippen LogP contribution is 2.22. The van der Waals surface area contributed by atoms with Crippen LogP contribution in [0.3, 0.4) is 0 Å². The fourth-order valence-electron chi connectivity index (χ4n) is 3.15. The van der Waals surface area contributed by atoms with E-state index < -0.39 is 0 Å². The van der Waals surface area contributed by atoms with E-state index in [4.69, 9.17) is 4.74 Å². The highest BCUT2D eigenvalue weighted by Gasteiger charge is 2.10. The monoisotopic (exact) mass is 521 g/mol. The number of para-hydroxylation sites is 1. The zero-order valence-corrected chi connectivity index (χ0v) is 20.0. The number of aromatic nitrogens is 2. The maximum absolute atomic E-state index is 10.0. The van der Waals surface area contributed by atoms with Crippen molar-refractivity contribution in [2.75, 3.05) is 14.2 Å². The van der Waals surface area contributed by atoms with E-state index in [1.165, 1.54) is 0 Å². The van der Waals surface area contributed by atoms with Crippen molar-refractivity contribution in [1.29, 1.82) is 0 Å². The Kier molecular flexibility index (Phi) is 8.52. The molecular formula is C22H28IN5O2. The Morgan fingerprint density at radius 1 is 1.07 bits per heavy atom. The van der Waals surface area contributed by atoms with Crippen LogP contribution in [0.15, 0.2) is 53.5 Å². The molecule has 0 radical (unpaired) electrons. The Hall–Kier alpha value is -2.75. The third kappa shape index (κ3) is 5.65. The topological polar surface area (TPSA) is 83.7 Å². The van der Waals surface area contributed by atoms with Crippen molar-refractivity contribution in [3.8, 4) is 17.2 Å². The normalized spacial score (nSPS) is 11.0. The van der Waals surface area contributed by atoms with Crippen LogP contribution in [0.2, 0.25) is 0 Å². The van der Waals surface area contributed by atoms with Gasteiger partial charge in [-0.15, -0.1) is 24.0 Å². The van der Waals surface area contributed by atoms with Crippen molar-refractivity contribution >= 4 is 29.9 Å². The minimum absolute atomic E-state index is 0. The standard InChI is InChI=1S/C22H27N5O2.HI/c1-15-11-16(2)27(26-15)20-8-6-5-7-17(20)13-24-22(23-3)25-14-18-12-19(29-4)9-10-21(18)28;/h5-12,28H,13-14H2,1-4H3,(H2,23,24,25);1H. The second-order valence-electron chi connectivity index (χ2n) is 6.74. The Balaban J connectivity index is 0.00000320. The molecule has 30 heavy (non-hydrogen) atoms. The summed E-state index contributed by atoms with van der Waals surface area (Å²) in [4.78, 5) is 4.27. The van der Waals surface area contributed by atoms with Gasteiger partial charge >= 0.3 is 0 Å². The summed E-state index contributed by atoms with van der Waals surface area (Å²) in [5, 5.41) is 21.2. The Morgan fingerprint density at radius 2 is 1.77 bits per heavy atom. The SMILES string of the molecule is CN=C(NCc1cc(OC)ccc1O)NCc1ccccc1-n1nc(C)cc1C.I. The number of rotatable bonds is 6. The van der Waals surface area contributed by atoms with Gasteiger partial charge in [-0.2, -0.15) is 5.10 Å². The largest absolute Gasteiger partial charge is 0.508 e. The lowest BCUT2D eigenvalue weighted by Crippen LogP contribution is -2.36. The zero-order valence-electron chi connectivity index (χ0n) is 17.6. The third-order valence-corrected chi connectivity index (χ3v) is 4.63. The van der Waals surface area contributed by atoms with E-state index in [0.29, 0.717) is 24.8 Å². The highest BCUT2D eigenvalue weighted by atomic mass is 127. The first-order valence-electron chi connectivity index (χ1n) is 9.43. The number of hydrogen-bond acceptors (Lipinski definition) is 4. The molecule has 7 nitrogen and oxygen atoms in total. The molecule has 0 spiro atoms. The first kappa shape index (κ1) is 23.5. The molecule has 2 aromatic carbocycles. The van der Waals surface area contributed by atoms with E-state index in [2.05, 4.69) is 38.9 Å². The molecular weight excluding hydrogens is 493 g/mol. The number of hydrogen-bond donors (Lipinski definition) is 3. The van der Waals surface area contributed by atoms with Gasteiger partial charge in [-0.05, 0) is 49.7 Å². The average Bonchev–Trinajstić information content (AvgIpc) is 3.07. The molecule has 0 atom stereocenters. The van der Waals surface area contributed by atoms with E-state index in [-0.39, 0.29) is 29.7 Å². The molecule has 0 amide bonds. The number of methoxy groups -OCH3 is 1. The predicted octanol–water partition coefficient (Wildman–Crippen LogP) is 3.69. The minimum Gasteiger partial charge on any atom is -0.508 e. The molecule has 3 N–H and O–H groups in total. The molecule has 1 heterocycles. The molecule has 0 fully saturated rings. The predicted molar refractivity (Wildman–Crippen MR) is 130 cm³/mol. The number of guanidine groups is 1. The first-order chi connectivity index (χ1) is 14.0. The summed E-state index contributed by atoms with van der Waals surface area (Å²) >= 11 is 0. The molecule has 1 aromatic heterocycles. The number of halogens is 1. The smallest absolute Gasteiger partial charge is 0.191 e. The number of aromatic hydroxyl groups is 1. The van der Waals surface area contributed by atoms with Gasteiger partial charge in [0.25, 0.3) is 0 Å². The Morgan fingerprint density at radius 3 is 2.40 bits per heavy atom. The number of aryl methyl sites for hydroxylation is 2. The van der Waals surface area contributed by atoms with Crippen LogP contribution in [-0.2, 0) is 13.1 Å². The van der Waals surface area contributed by atoms with Gasteiger partial charge in [0.05, 0.1) is 18.5 Å². The van der Waals surface area contributed by atoms with Crippen LogP contribution in [0.25, 0.3) is 5.69 Å². The fourth-order valence-corrected chi connectivity index (χ4v) is 3.15. The van der Waals surface area contributed by atoms with Gasteiger partial charge in [0.2, 0.25) is 0 Å². The summed E-state index contributed by atoms with van der Waals surface area (Å²) in [5.74, 6) is 1.54. The number of phenolic OH excluding ortho intramolecular Hbond substituents is 1. The summed E-state index contributed by atoms with van der Waals surface area (Å²) in [6, 6.07) is 15.4. The Labute approximate surface area is 194 Å². The average molecular weight is 521 g/mol. The second kappa shape index (κ2) is 10.9. The number of phenols is 1. The quantitative estimate of drug-likeness (QED) is 0.262. The molecule has 0 bridgehead atoms. The van der Waals surface area contributed by atoms with Crippen LogP contribution in [-0.4, -0.2) is 35.0 Å². The van der Waals surface area contributed by atoms with Crippen LogP contribution < -0.4 is 15.4 Å². The first-order valence-corrected chi connectivity index (χ1v) is 9.43. The second-order valence-corrected chi connectivity index (χ2v) is 6.74. The van der Waals surface area contributed by atoms with E-state index in [9.17, 15) is 5.11 Å². The minimum atomic E-state index is 0. The number of nitrogens with zero attached hydrogens (tertiary/aromatic N) is 3. The summed E-state index contributed by atoms with van der Waals surface area (Å²) in [5.41, 5.74) is 4.94. The van der Waals surface area contributed by atoms with Crippen LogP contribution >= 0.6 is 24.0 Å². The van der Waals surface area contributed by atoms with Crippen LogP contribution in [0, 0.1) is 13.8 Å². The molecule has 0 saturated heterocycles. The van der Waals surface area contributed by atoms with Crippen molar-refractivity contribution in [2.24, 2.45) is 4.99 Å². The van der Waals surface area contributed by atoms with Crippen molar-refractivity contribution in [3.05, 3.63) is 71.0 Å². The number of nitrogens with one attached hydrogen (secondary N) is 2. The zero-order chi connectivity index (χ0) is 20.8. The van der Waals surface area contributed by atoms with Gasteiger partial charge in [-0.25, -0.2) is 4.68 Å². The third-order valence-electron chi connectivity index (χ3n) is 4.63. The van der Waals surface area contributed by atoms with Gasteiger partial charge in [-0.3, -0.25) is 4.99 Å². The van der Waals surface area contributed by atoms with Crippen LogP contribution in [0.5, 0.6) is 11.5 Å². The molecule has 0 saturated carbocycles. The van der Waals surface area contributed by atoms with Crippen LogP contribution in [0.4, 0.5) is 0 Å². The van der Waals surface area contributed by atoms with E-state index in [1.807, 2.05) is 30.7 Å². The molecule has 160 valence electrons. The number of ether oxygens (including phenoxy) is 1. The lowest BCUT2D eigenvalue weighted by atomic mass is 10.1. The number of aliphatic imine (C=N–C) groups is 1. The van der Waals surface area contributed by atoms with Gasteiger partial charge in [0, 0.05) is 31.4 Å². The van der Waals surface area contributed by atoms with E-state index in [1.54, 1.807) is 32.4 Å². The highest BCUT2D eigenvalue weighted by molar-refractivity contribution is 14.0. The molecule has 0 aliphatic carbocycles. The molecule has 3 rings (SSSR count). The maximum atomic E-state index is 10.0. The summed E-state index contributed by atoms with van der Waals surface area (Å²) in [6.07, 6.45) is 0. The Bertz CT molecular complexity index is 1020. The lowest BCUT2D eigenvalue weighted by molar-refractivity contribution is 0.410.